The molecule has 0 unspecified atom stereocenters. The fourth-order valence-corrected chi connectivity index (χ4v) is 1.96. The van der Waals surface area contributed by atoms with Gasteiger partial charge in [0, 0.05) is 31.4 Å². The summed E-state index contributed by atoms with van der Waals surface area (Å²) in [5, 5.41) is 7.67. The molecule has 5 heteroatoms. The lowest BCUT2D eigenvalue weighted by Crippen LogP contribution is -2.02. The van der Waals surface area contributed by atoms with Crippen molar-refractivity contribution in [2.24, 2.45) is 7.05 Å². The molecule has 2 aromatic rings. The van der Waals surface area contributed by atoms with Crippen LogP contribution in [0.3, 0.4) is 0 Å². The first-order chi connectivity index (χ1) is 9.13. The van der Waals surface area contributed by atoms with Crippen LogP contribution in [0.4, 0.5) is 5.69 Å². The first-order valence-corrected chi connectivity index (χ1v) is 6.09. The minimum atomic E-state index is 0.711. The highest BCUT2D eigenvalue weighted by molar-refractivity contribution is 5.59. The van der Waals surface area contributed by atoms with Gasteiger partial charge in [-0.05, 0) is 19.1 Å². The van der Waals surface area contributed by atoms with Gasteiger partial charge in [0.15, 0.2) is 0 Å². The molecule has 5 nitrogen and oxygen atoms in total. The van der Waals surface area contributed by atoms with Crippen molar-refractivity contribution >= 4 is 5.69 Å². The zero-order valence-corrected chi connectivity index (χ0v) is 11.7. The van der Waals surface area contributed by atoms with Gasteiger partial charge in [-0.15, -0.1) is 0 Å². The van der Waals surface area contributed by atoms with Gasteiger partial charge in [-0.25, -0.2) is 0 Å². The lowest BCUT2D eigenvalue weighted by atomic mass is 10.2. The Balaban J connectivity index is 2.13. The number of benzene rings is 1. The Morgan fingerprint density at radius 3 is 2.63 bits per heavy atom. The third-order valence-corrected chi connectivity index (χ3v) is 2.99. The van der Waals surface area contributed by atoms with Crippen molar-refractivity contribution in [1.82, 2.24) is 9.78 Å². The van der Waals surface area contributed by atoms with Crippen LogP contribution < -0.4 is 14.8 Å². The van der Waals surface area contributed by atoms with Gasteiger partial charge in [-0.1, -0.05) is 0 Å². The van der Waals surface area contributed by atoms with Crippen LogP contribution in [0.1, 0.15) is 11.3 Å². The van der Waals surface area contributed by atoms with E-state index in [1.807, 2.05) is 43.0 Å². The van der Waals surface area contributed by atoms with Crippen LogP contribution in [0.15, 0.2) is 24.4 Å². The molecular weight excluding hydrogens is 242 g/mol. The van der Waals surface area contributed by atoms with E-state index in [0.717, 1.165) is 22.9 Å². The van der Waals surface area contributed by atoms with Crippen molar-refractivity contribution in [3.05, 3.63) is 35.7 Å². The Hall–Kier alpha value is -2.17. The van der Waals surface area contributed by atoms with Crippen molar-refractivity contribution in [2.75, 3.05) is 19.5 Å². The Labute approximate surface area is 113 Å². The van der Waals surface area contributed by atoms with Gasteiger partial charge in [-0.3, -0.25) is 4.68 Å². The predicted molar refractivity (Wildman–Crippen MR) is 74.8 cm³/mol. The number of hydrogen-bond acceptors (Lipinski definition) is 4. The quantitative estimate of drug-likeness (QED) is 0.897. The number of aromatic nitrogens is 2. The summed E-state index contributed by atoms with van der Waals surface area (Å²) in [6, 6.07) is 5.71. The zero-order valence-electron chi connectivity index (χ0n) is 11.7. The molecule has 0 aliphatic rings. The standard InChI is InChI=1S/C14H19N3O2/c1-10-11(9-17(2)16-10)8-15-13-6-5-12(18-3)7-14(13)19-4/h5-7,9,15H,8H2,1-4H3. The van der Waals surface area contributed by atoms with Gasteiger partial charge in [0.1, 0.15) is 11.5 Å². The van der Waals surface area contributed by atoms with E-state index < -0.39 is 0 Å². The summed E-state index contributed by atoms with van der Waals surface area (Å²) in [5.41, 5.74) is 3.13. The number of rotatable bonds is 5. The molecule has 0 aliphatic carbocycles. The molecule has 0 saturated heterocycles. The summed E-state index contributed by atoms with van der Waals surface area (Å²) in [4.78, 5) is 0. The molecule has 102 valence electrons. The van der Waals surface area contributed by atoms with E-state index in [9.17, 15) is 0 Å². The molecule has 1 N–H and O–H groups in total. The van der Waals surface area contributed by atoms with Crippen LogP contribution >= 0.6 is 0 Å². The molecular formula is C14H19N3O2. The Morgan fingerprint density at radius 1 is 1.26 bits per heavy atom. The monoisotopic (exact) mass is 261 g/mol. The van der Waals surface area contributed by atoms with E-state index >= 15 is 0 Å². The second-order valence-corrected chi connectivity index (χ2v) is 4.33. The second kappa shape index (κ2) is 5.65. The van der Waals surface area contributed by atoms with Gasteiger partial charge in [0.05, 0.1) is 25.6 Å². The number of aryl methyl sites for hydroxylation is 2. The van der Waals surface area contributed by atoms with Crippen molar-refractivity contribution in [1.29, 1.82) is 0 Å². The van der Waals surface area contributed by atoms with E-state index in [2.05, 4.69) is 10.4 Å². The van der Waals surface area contributed by atoms with E-state index in [0.29, 0.717) is 6.54 Å². The fourth-order valence-electron chi connectivity index (χ4n) is 1.96. The Kier molecular flexibility index (Phi) is 3.94. The molecule has 19 heavy (non-hydrogen) atoms. The van der Waals surface area contributed by atoms with E-state index in [1.165, 1.54) is 5.56 Å². The number of nitrogens with one attached hydrogen (secondary N) is 1. The topological polar surface area (TPSA) is 48.3 Å². The number of hydrogen-bond donors (Lipinski definition) is 1. The summed E-state index contributed by atoms with van der Waals surface area (Å²) in [6.07, 6.45) is 2.01. The van der Waals surface area contributed by atoms with Gasteiger partial charge < -0.3 is 14.8 Å². The Bertz CT molecular complexity index is 564. The van der Waals surface area contributed by atoms with Crippen molar-refractivity contribution < 1.29 is 9.47 Å². The van der Waals surface area contributed by atoms with E-state index in [4.69, 9.17) is 9.47 Å². The summed E-state index contributed by atoms with van der Waals surface area (Å²) in [6.45, 7) is 2.71. The highest BCUT2D eigenvalue weighted by Gasteiger charge is 2.07. The molecule has 0 spiro atoms. The molecule has 0 amide bonds. The van der Waals surface area contributed by atoms with Crippen LogP contribution in [-0.2, 0) is 13.6 Å². The normalized spacial score (nSPS) is 10.3. The molecule has 0 radical (unpaired) electrons. The molecule has 1 heterocycles. The smallest absolute Gasteiger partial charge is 0.145 e. The molecule has 1 aromatic heterocycles. The second-order valence-electron chi connectivity index (χ2n) is 4.33. The third kappa shape index (κ3) is 2.99. The van der Waals surface area contributed by atoms with Gasteiger partial charge in [0.25, 0.3) is 0 Å². The van der Waals surface area contributed by atoms with Crippen molar-refractivity contribution in [3.8, 4) is 11.5 Å². The molecule has 0 bridgehead atoms. The van der Waals surface area contributed by atoms with Crippen molar-refractivity contribution in [2.45, 2.75) is 13.5 Å². The zero-order chi connectivity index (χ0) is 13.8. The third-order valence-electron chi connectivity index (χ3n) is 2.99. The number of ether oxygens (including phenoxy) is 2. The minimum Gasteiger partial charge on any atom is -0.497 e. The molecule has 0 atom stereocenters. The first kappa shape index (κ1) is 13.3. The predicted octanol–water partition coefficient (Wildman–Crippen LogP) is 2.36. The van der Waals surface area contributed by atoms with Crippen LogP contribution in [0.5, 0.6) is 11.5 Å². The summed E-state index contributed by atoms with van der Waals surface area (Å²) >= 11 is 0. The fraction of sp³-hybridized carbons (Fsp3) is 0.357. The summed E-state index contributed by atoms with van der Waals surface area (Å²) in [7, 11) is 5.21. The van der Waals surface area contributed by atoms with Gasteiger partial charge in [-0.2, -0.15) is 5.10 Å². The highest BCUT2D eigenvalue weighted by atomic mass is 16.5. The average molecular weight is 261 g/mol. The van der Waals surface area contributed by atoms with E-state index in [1.54, 1.807) is 14.2 Å². The minimum absolute atomic E-state index is 0.711. The van der Waals surface area contributed by atoms with Gasteiger partial charge in [0.2, 0.25) is 0 Å². The lowest BCUT2D eigenvalue weighted by Gasteiger charge is -2.12. The number of methoxy groups -OCH3 is 2. The van der Waals surface area contributed by atoms with Crippen molar-refractivity contribution in [3.63, 3.8) is 0 Å². The van der Waals surface area contributed by atoms with Gasteiger partial charge >= 0.3 is 0 Å². The summed E-state index contributed by atoms with van der Waals surface area (Å²) < 4.78 is 12.3. The maximum absolute atomic E-state index is 5.35. The highest BCUT2D eigenvalue weighted by Crippen LogP contribution is 2.29. The SMILES string of the molecule is COc1ccc(NCc2cn(C)nc2C)c(OC)c1. The number of nitrogens with zero attached hydrogens (tertiary/aromatic N) is 2. The van der Waals surface area contributed by atoms with E-state index in [-0.39, 0.29) is 0 Å². The average Bonchev–Trinajstić information content (AvgIpc) is 2.74. The summed E-state index contributed by atoms with van der Waals surface area (Å²) in [5.74, 6) is 1.54. The molecule has 1 aromatic carbocycles. The van der Waals surface area contributed by atoms with Crippen LogP contribution in [0.2, 0.25) is 0 Å². The first-order valence-electron chi connectivity index (χ1n) is 6.09. The molecule has 0 aliphatic heterocycles. The molecule has 0 fully saturated rings. The maximum atomic E-state index is 5.35. The maximum Gasteiger partial charge on any atom is 0.145 e. The van der Waals surface area contributed by atoms with Crippen LogP contribution in [-0.4, -0.2) is 24.0 Å². The largest absolute Gasteiger partial charge is 0.497 e. The lowest BCUT2D eigenvalue weighted by molar-refractivity contribution is 0.395. The van der Waals surface area contributed by atoms with Crippen LogP contribution in [0, 0.1) is 6.92 Å². The molecule has 2 rings (SSSR count). The number of anilines is 1. The van der Waals surface area contributed by atoms with Crippen LogP contribution in [0.25, 0.3) is 0 Å². The Morgan fingerprint density at radius 2 is 2.05 bits per heavy atom. The molecule has 0 saturated carbocycles.